The van der Waals surface area contributed by atoms with E-state index in [2.05, 4.69) is 9.97 Å². The Morgan fingerprint density at radius 2 is 1.55 bits per heavy atom. The van der Waals surface area contributed by atoms with Gasteiger partial charge in [0, 0.05) is 24.4 Å². The Balaban J connectivity index is 1.91. The molecule has 2 aromatic carbocycles. The van der Waals surface area contributed by atoms with Crippen molar-refractivity contribution in [3.63, 3.8) is 0 Å². The fraction of sp³-hybridized carbons (Fsp3) is 0.0556. The van der Waals surface area contributed by atoms with E-state index in [0.29, 0.717) is 11.5 Å². The first-order valence-corrected chi connectivity index (χ1v) is 6.97. The molecule has 108 valence electrons. The third-order valence-corrected chi connectivity index (χ3v) is 3.34. The highest BCUT2D eigenvalue weighted by Gasteiger charge is 2.15. The van der Waals surface area contributed by atoms with E-state index in [4.69, 9.17) is 0 Å². The predicted octanol–water partition coefficient (Wildman–Crippen LogP) is 3.42. The van der Waals surface area contributed by atoms with Gasteiger partial charge in [0.2, 0.25) is 5.95 Å². The Hall–Kier alpha value is -3.01. The van der Waals surface area contributed by atoms with Gasteiger partial charge < -0.3 is 0 Å². The number of benzene rings is 2. The van der Waals surface area contributed by atoms with E-state index in [9.17, 15) is 4.79 Å². The number of nitrogens with zero attached hydrogens (tertiary/aromatic N) is 3. The van der Waals surface area contributed by atoms with Crippen molar-refractivity contribution in [2.45, 2.75) is 0 Å². The molecule has 0 aliphatic carbocycles. The SMILES string of the molecule is CN(C(=O)c1ccccc1)c1nccc(-c2ccccc2)n1. The summed E-state index contributed by atoms with van der Waals surface area (Å²) in [5, 5.41) is 0. The van der Waals surface area contributed by atoms with Crippen LogP contribution < -0.4 is 4.90 Å². The van der Waals surface area contributed by atoms with Crippen LogP contribution in [0, 0.1) is 0 Å². The average Bonchev–Trinajstić information content (AvgIpc) is 2.62. The van der Waals surface area contributed by atoms with Gasteiger partial charge >= 0.3 is 0 Å². The number of aromatic nitrogens is 2. The van der Waals surface area contributed by atoms with Gasteiger partial charge in [0.1, 0.15) is 0 Å². The van der Waals surface area contributed by atoms with Crippen molar-refractivity contribution in [2.75, 3.05) is 11.9 Å². The maximum absolute atomic E-state index is 12.4. The van der Waals surface area contributed by atoms with Gasteiger partial charge in [-0.15, -0.1) is 0 Å². The van der Waals surface area contributed by atoms with Crippen LogP contribution in [0.4, 0.5) is 5.95 Å². The van der Waals surface area contributed by atoms with E-state index in [1.807, 2.05) is 54.6 Å². The van der Waals surface area contributed by atoms with Crippen LogP contribution in [0.1, 0.15) is 10.4 Å². The van der Waals surface area contributed by atoms with Crippen molar-refractivity contribution in [3.8, 4) is 11.3 Å². The number of anilines is 1. The quantitative estimate of drug-likeness (QED) is 0.742. The number of amides is 1. The summed E-state index contributed by atoms with van der Waals surface area (Å²) in [5.74, 6) is 0.251. The number of carbonyl (C=O) groups is 1. The molecule has 1 aromatic heterocycles. The molecular weight excluding hydrogens is 274 g/mol. The Morgan fingerprint density at radius 3 is 2.23 bits per heavy atom. The van der Waals surface area contributed by atoms with E-state index in [0.717, 1.165) is 11.3 Å². The van der Waals surface area contributed by atoms with Crippen molar-refractivity contribution in [2.24, 2.45) is 0 Å². The van der Waals surface area contributed by atoms with Gasteiger partial charge in [-0.1, -0.05) is 48.5 Å². The molecule has 3 rings (SSSR count). The van der Waals surface area contributed by atoms with Gasteiger partial charge in [-0.25, -0.2) is 9.97 Å². The summed E-state index contributed by atoms with van der Waals surface area (Å²) in [6.45, 7) is 0. The standard InChI is InChI=1S/C18H15N3O/c1-21(17(22)15-10-6-3-7-11-15)18-19-13-12-16(20-18)14-8-4-2-5-9-14/h2-13H,1H3. The first kappa shape index (κ1) is 13.9. The van der Waals surface area contributed by atoms with Gasteiger partial charge in [-0.3, -0.25) is 9.69 Å². The molecule has 1 amide bonds. The molecule has 0 atom stereocenters. The second-order valence-corrected chi connectivity index (χ2v) is 4.84. The highest BCUT2D eigenvalue weighted by molar-refractivity contribution is 6.04. The van der Waals surface area contributed by atoms with E-state index < -0.39 is 0 Å². The third-order valence-electron chi connectivity index (χ3n) is 3.34. The fourth-order valence-electron chi connectivity index (χ4n) is 2.14. The fourth-order valence-corrected chi connectivity index (χ4v) is 2.14. The molecule has 0 bridgehead atoms. The molecule has 0 unspecified atom stereocenters. The number of carbonyl (C=O) groups excluding carboxylic acids is 1. The molecule has 4 heteroatoms. The van der Waals surface area contributed by atoms with Crippen LogP contribution in [0.3, 0.4) is 0 Å². The number of rotatable bonds is 3. The zero-order chi connectivity index (χ0) is 15.4. The molecule has 3 aromatic rings. The summed E-state index contributed by atoms with van der Waals surface area (Å²) in [6.07, 6.45) is 1.67. The summed E-state index contributed by atoms with van der Waals surface area (Å²) >= 11 is 0. The van der Waals surface area contributed by atoms with E-state index in [-0.39, 0.29) is 5.91 Å². The highest BCUT2D eigenvalue weighted by Crippen LogP contribution is 2.18. The maximum atomic E-state index is 12.4. The molecule has 4 nitrogen and oxygen atoms in total. The Bertz CT molecular complexity index is 773. The smallest absolute Gasteiger partial charge is 0.260 e. The minimum absolute atomic E-state index is 0.134. The summed E-state index contributed by atoms with van der Waals surface area (Å²) in [4.78, 5) is 22.6. The van der Waals surface area contributed by atoms with E-state index in [1.54, 1.807) is 25.4 Å². The Kier molecular flexibility index (Phi) is 3.92. The topological polar surface area (TPSA) is 46.1 Å². The van der Waals surface area contributed by atoms with Crippen molar-refractivity contribution in [1.29, 1.82) is 0 Å². The molecular formula is C18H15N3O. The van der Waals surface area contributed by atoms with Crippen LogP contribution in [-0.4, -0.2) is 22.9 Å². The lowest BCUT2D eigenvalue weighted by molar-refractivity contribution is 0.0991. The van der Waals surface area contributed by atoms with Crippen molar-refractivity contribution >= 4 is 11.9 Å². The summed E-state index contributed by atoms with van der Waals surface area (Å²) in [7, 11) is 1.68. The maximum Gasteiger partial charge on any atom is 0.260 e. The summed E-state index contributed by atoms with van der Waals surface area (Å²) in [6, 6.07) is 20.8. The minimum atomic E-state index is -0.134. The first-order chi connectivity index (χ1) is 10.8. The van der Waals surface area contributed by atoms with Gasteiger partial charge in [-0.2, -0.15) is 0 Å². The second kappa shape index (κ2) is 6.18. The largest absolute Gasteiger partial charge is 0.280 e. The lowest BCUT2D eigenvalue weighted by Gasteiger charge is -2.15. The molecule has 0 saturated heterocycles. The lowest BCUT2D eigenvalue weighted by atomic mass is 10.1. The zero-order valence-corrected chi connectivity index (χ0v) is 12.2. The van der Waals surface area contributed by atoms with Gasteiger partial charge in [0.05, 0.1) is 5.69 Å². The molecule has 0 spiro atoms. The van der Waals surface area contributed by atoms with Gasteiger partial charge in [-0.05, 0) is 18.2 Å². The second-order valence-electron chi connectivity index (χ2n) is 4.84. The van der Waals surface area contributed by atoms with Crippen LogP contribution >= 0.6 is 0 Å². The molecule has 0 aliphatic heterocycles. The van der Waals surface area contributed by atoms with Crippen molar-refractivity contribution < 1.29 is 4.79 Å². The molecule has 0 saturated carbocycles. The van der Waals surface area contributed by atoms with Crippen LogP contribution in [0.2, 0.25) is 0 Å². The van der Waals surface area contributed by atoms with Crippen LogP contribution in [0.25, 0.3) is 11.3 Å². The van der Waals surface area contributed by atoms with E-state index >= 15 is 0 Å². The van der Waals surface area contributed by atoms with Crippen LogP contribution in [-0.2, 0) is 0 Å². The predicted molar refractivity (Wildman–Crippen MR) is 86.6 cm³/mol. The molecule has 0 radical (unpaired) electrons. The van der Waals surface area contributed by atoms with Gasteiger partial charge in [0.15, 0.2) is 0 Å². The molecule has 1 heterocycles. The third kappa shape index (κ3) is 2.86. The lowest BCUT2D eigenvalue weighted by Crippen LogP contribution is -2.28. The summed E-state index contributed by atoms with van der Waals surface area (Å²) in [5.41, 5.74) is 2.39. The molecule has 0 fully saturated rings. The monoisotopic (exact) mass is 289 g/mol. The first-order valence-electron chi connectivity index (χ1n) is 6.97. The molecule has 0 aliphatic rings. The van der Waals surface area contributed by atoms with Crippen molar-refractivity contribution in [1.82, 2.24) is 9.97 Å². The number of hydrogen-bond donors (Lipinski definition) is 0. The molecule has 0 N–H and O–H groups in total. The average molecular weight is 289 g/mol. The molecule has 22 heavy (non-hydrogen) atoms. The van der Waals surface area contributed by atoms with Crippen LogP contribution in [0.5, 0.6) is 0 Å². The summed E-state index contributed by atoms with van der Waals surface area (Å²) < 4.78 is 0. The van der Waals surface area contributed by atoms with Crippen molar-refractivity contribution in [3.05, 3.63) is 78.5 Å². The Labute approximate surface area is 129 Å². The number of hydrogen-bond acceptors (Lipinski definition) is 3. The highest BCUT2D eigenvalue weighted by atomic mass is 16.2. The van der Waals surface area contributed by atoms with Gasteiger partial charge in [0.25, 0.3) is 5.91 Å². The Morgan fingerprint density at radius 1 is 0.909 bits per heavy atom. The zero-order valence-electron chi connectivity index (χ0n) is 12.2. The van der Waals surface area contributed by atoms with Crippen LogP contribution in [0.15, 0.2) is 72.9 Å². The minimum Gasteiger partial charge on any atom is -0.280 e. The van der Waals surface area contributed by atoms with E-state index in [1.165, 1.54) is 4.90 Å². The normalized spacial score (nSPS) is 10.2.